The van der Waals surface area contributed by atoms with Crippen molar-refractivity contribution in [3.63, 3.8) is 0 Å². The molecule has 1 aliphatic carbocycles. The van der Waals surface area contributed by atoms with E-state index in [0.717, 1.165) is 65.7 Å². The van der Waals surface area contributed by atoms with Gasteiger partial charge in [0.25, 0.3) is 11.4 Å². The number of hydrogen-bond donors (Lipinski definition) is 0. The van der Waals surface area contributed by atoms with Gasteiger partial charge < -0.3 is 0 Å². The first-order chi connectivity index (χ1) is 22.5. The molecule has 6 nitrogen and oxygen atoms in total. The Kier molecular flexibility index (Phi) is 5.41. The molecular weight excluding hydrogens is 572 g/mol. The van der Waals surface area contributed by atoms with E-state index in [0.29, 0.717) is 0 Å². The van der Waals surface area contributed by atoms with E-state index >= 15 is 0 Å². The second-order valence-corrected chi connectivity index (χ2v) is 11.8. The Balaban J connectivity index is 1.40. The number of hydrogen-bond acceptors (Lipinski definition) is 4. The van der Waals surface area contributed by atoms with Gasteiger partial charge in [0.1, 0.15) is 0 Å². The van der Waals surface area contributed by atoms with Crippen molar-refractivity contribution in [1.82, 2.24) is 0 Å². The van der Waals surface area contributed by atoms with E-state index in [1.807, 2.05) is 24.3 Å². The molecule has 0 bridgehead atoms. The fourth-order valence-electron chi connectivity index (χ4n) is 7.34. The van der Waals surface area contributed by atoms with Crippen LogP contribution in [0.4, 0.5) is 11.4 Å². The van der Waals surface area contributed by atoms with E-state index in [4.69, 9.17) is 0 Å². The minimum atomic E-state index is -0.363. The smallest absolute Gasteiger partial charge is 0.258 e. The molecule has 0 saturated heterocycles. The maximum atomic E-state index is 11.4. The molecule has 0 spiro atoms. The third kappa shape index (κ3) is 3.70. The first-order valence-corrected chi connectivity index (χ1v) is 14.9. The lowest BCUT2D eigenvalue weighted by molar-refractivity contribution is -0.384. The van der Waals surface area contributed by atoms with Crippen LogP contribution in [-0.4, -0.2) is 9.85 Å². The van der Waals surface area contributed by atoms with Crippen LogP contribution in [0.1, 0.15) is 0 Å². The molecule has 0 N–H and O–H groups in total. The molecule has 0 aromatic heterocycles. The van der Waals surface area contributed by atoms with Gasteiger partial charge in [0.15, 0.2) is 0 Å². The first kappa shape index (κ1) is 26.0. The van der Waals surface area contributed by atoms with Crippen molar-refractivity contribution >= 4 is 54.5 Å². The maximum absolute atomic E-state index is 11.4. The zero-order chi connectivity index (χ0) is 31.1. The summed E-state index contributed by atoms with van der Waals surface area (Å²) in [6.07, 6.45) is 0. The van der Waals surface area contributed by atoms with Crippen molar-refractivity contribution in [1.29, 1.82) is 0 Å². The summed E-state index contributed by atoms with van der Waals surface area (Å²) in [7, 11) is 0. The monoisotopic (exact) mass is 594 g/mol. The molecule has 216 valence electrons. The SMILES string of the molecule is O=[N+]([O-])c1ccc2cc(-c3c4c(c(-c5ccc6cc([N+](=O)[O-])ccc6c5)c5ccccc35)-c3cccc5cccc-4c35)ccc2c1. The number of nitro groups is 2. The van der Waals surface area contributed by atoms with Crippen LogP contribution in [0, 0.1) is 20.2 Å². The van der Waals surface area contributed by atoms with E-state index in [2.05, 4.69) is 84.9 Å². The van der Waals surface area contributed by atoms with Gasteiger partial charge in [-0.15, -0.1) is 0 Å². The summed E-state index contributed by atoms with van der Waals surface area (Å²) in [6.45, 7) is 0. The Labute approximate surface area is 262 Å². The molecule has 0 saturated carbocycles. The van der Waals surface area contributed by atoms with Crippen LogP contribution in [0.15, 0.2) is 133 Å². The predicted molar refractivity (Wildman–Crippen MR) is 185 cm³/mol. The lowest BCUT2D eigenvalue weighted by atomic mass is 9.82. The molecule has 0 fully saturated rings. The summed E-state index contributed by atoms with van der Waals surface area (Å²) >= 11 is 0. The fourth-order valence-corrected chi connectivity index (χ4v) is 7.34. The zero-order valence-electron chi connectivity index (χ0n) is 24.2. The van der Waals surface area contributed by atoms with Crippen LogP contribution in [0.3, 0.4) is 0 Å². The summed E-state index contributed by atoms with van der Waals surface area (Å²) in [6, 6.07) is 43.7. The normalized spacial score (nSPS) is 11.8. The highest BCUT2D eigenvalue weighted by Crippen LogP contribution is 2.57. The summed E-state index contributed by atoms with van der Waals surface area (Å²) in [4.78, 5) is 22.2. The molecule has 46 heavy (non-hydrogen) atoms. The number of nitrogens with zero attached hydrogens (tertiary/aromatic N) is 2. The van der Waals surface area contributed by atoms with Crippen LogP contribution in [-0.2, 0) is 0 Å². The number of benzene rings is 8. The van der Waals surface area contributed by atoms with Gasteiger partial charge in [0.2, 0.25) is 0 Å². The molecule has 1 aliphatic rings. The molecule has 0 heterocycles. The van der Waals surface area contributed by atoms with Crippen molar-refractivity contribution in [2.45, 2.75) is 0 Å². The third-order valence-electron chi connectivity index (χ3n) is 9.31. The van der Waals surface area contributed by atoms with Gasteiger partial charge in [-0.25, -0.2) is 0 Å². The van der Waals surface area contributed by atoms with E-state index in [9.17, 15) is 20.2 Å². The van der Waals surface area contributed by atoms with E-state index in [1.54, 1.807) is 24.3 Å². The van der Waals surface area contributed by atoms with Crippen molar-refractivity contribution in [2.75, 3.05) is 0 Å². The molecule has 0 aliphatic heterocycles. The van der Waals surface area contributed by atoms with Gasteiger partial charge in [0, 0.05) is 24.3 Å². The number of non-ortho nitro benzene ring substituents is 2. The van der Waals surface area contributed by atoms with Gasteiger partial charge in [0.05, 0.1) is 9.85 Å². The van der Waals surface area contributed by atoms with Crippen LogP contribution in [0.25, 0.3) is 87.6 Å². The Morgan fingerprint density at radius 2 is 0.826 bits per heavy atom. The van der Waals surface area contributed by atoms with Crippen molar-refractivity contribution < 1.29 is 9.85 Å². The molecule has 0 unspecified atom stereocenters. The number of fused-ring (bicyclic) bond motifs is 6. The lowest BCUT2D eigenvalue weighted by Gasteiger charge is -2.21. The molecule has 6 heteroatoms. The average Bonchev–Trinajstić information content (AvgIpc) is 3.41. The van der Waals surface area contributed by atoms with Crippen LogP contribution >= 0.6 is 0 Å². The third-order valence-corrected chi connectivity index (χ3v) is 9.31. The number of rotatable bonds is 4. The highest BCUT2D eigenvalue weighted by molar-refractivity contribution is 6.27. The maximum Gasteiger partial charge on any atom is 0.270 e. The van der Waals surface area contributed by atoms with Crippen LogP contribution < -0.4 is 0 Å². The Morgan fingerprint density at radius 1 is 0.391 bits per heavy atom. The largest absolute Gasteiger partial charge is 0.270 e. The molecule has 0 amide bonds. The summed E-state index contributed by atoms with van der Waals surface area (Å²) in [5.41, 5.74) is 9.12. The highest BCUT2D eigenvalue weighted by atomic mass is 16.6. The summed E-state index contributed by atoms with van der Waals surface area (Å²) < 4.78 is 0. The predicted octanol–water partition coefficient (Wildman–Crippen LogP) is 11.1. The Morgan fingerprint density at radius 3 is 1.28 bits per heavy atom. The Bertz CT molecular complexity index is 2480. The molecular formula is C40H22N2O4. The lowest BCUT2D eigenvalue weighted by Crippen LogP contribution is -1.94. The second kappa shape index (κ2) is 9.55. The topological polar surface area (TPSA) is 86.3 Å². The van der Waals surface area contributed by atoms with Crippen LogP contribution in [0.5, 0.6) is 0 Å². The summed E-state index contributed by atoms with van der Waals surface area (Å²) in [5, 5.41) is 31.0. The molecule has 8 aromatic carbocycles. The molecule has 9 rings (SSSR count). The summed E-state index contributed by atoms with van der Waals surface area (Å²) in [5.74, 6) is 0. The van der Waals surface area contributed by atoms with Gasteiger partial charge in [-0.3, -0.25) is 20.2 Å². The standard InChI is InChI=1S/C40H22N2O4/c43-41(44)30-17-15-24-19-28(13-11-26(24)21-30)37-32-7-1-2-8-33(32)38(29-14-12-27-22-31(42(45)46)18-16-25(27)20-29)40-35-10-4-6-23-5-3-9-34(36(23)35)39(37)40/h1-22H. The molecule has 0 radical (unpaired) electrons. The van der Waals surface area contributed by atoms with E-state index in [1.165, 1.54) is 21.9 Å². The van der Waals surface area contributed by atoms with Gasteiger partial charge in [-0.1, -0.05) is 84.9 Å². The highest BCUT2D eigenvalue weighted by Gasteiger charge is 2.30. The number of nitro benzene ring substituents is 2. The van der Waals surface area contributed by atoms with Crippen molar-refractivity contribution in [3.8, 4) is 44.5 Å². The Hall–Kier alpha value is -6.40. The van der Waals surface area contributed by atoms with Crippen molar-refractivity contribution in [2.24, 2.45) is 0 Å². The van der Waals surface area contributed by atoms with Crippen molar-refractivity contribution in [3.05, 3.63) is 154 Å². The van der Waals surface area contributed by atoms with Gasteiger partial charge >= 0.3 is 0 Å². The molecule has 8 aromatic rings. The molecule has 0 atom stereocenters. The van der Waals surface area contributed by atoms with E-state index < -0.39 is 0 Å². The minimum absolute atomic E-state index is 0.0723. The second-order valence-electron chi connectivity index (χ2n) is 11.8. The average molecular weight is 595 g/mol. The van der Waals surface area contributed by atoms with Crippen LogP contribution in [0.2, 0.25) is 0 Å². The quantitative estimate of drug-likeness (QED) is 0.150. The fraction of sp³-hybridized carbons (Fsp3) is 0. The van der Waals surface area contributed by atoms with Gasteiger partial charge in [-0.2, -0.15) is 0 Å². The van der Waals surface area contributed by atoms with Gasteiger partial charge in [-0.05, 0) is 112 Å². The van der Waals surface area contributed by atoms with E-state index in [-0.39, 0.29) is 21.2 Å². The zero-order valence-corrected chi connectivity index (χ0v) is 24.2. The first-order valence-electron chi connectivity index (χ1n) is 14.9. The minimum Gasteiger partial charge on any atom is -0.258 e.